The molecule has 0 atom stereocenters. The van der Waals surface area contributed by atoms with Gasteiger partial charge in [0.1, 0.15) is 0 Å². The lowest BCUT2D eigenvalue weighted by Gasteiger charge is -2.00. The average molecular weight is 249 g/mol. The van der Waals surface area contributed by atoms with Gasteiger partial charge in [0.2, 0.25) is 0 Å². The van der Waals surface area contributed by atoms with Crippen molar-refractivity contribution in [2.75, 3.05) is 12.3 Å². The van der Waals surface area contributed by atoms with Crippen LogP contribution in [-0.2, 0) is 10.5 Å². The predicted molar refractivity (Wildman–Crippen MR) is 63.2 cm³/mol. The van der Waals surface area contributed by atoms with E-state index in [1.54, 1.807) is 18.0 Å². The molecule has 0 spiro atoms. The second-order valence-electron chi connectivity index (χ2n) is 2.38. The first-order valence-corrected chi connectivity index (χ1v) is 5.74. The van der Waals surface area contributed by atoms with E-state index in [4.69, 9.17) is 27.2 Å². The summed E-state index contributed by atoms with van der Waals surface area (Å²) in [6, 6.07) is 3.69. The molecule has 3 N–H and O–H groups in total. The number of nitrogens with zero attached hydrogens (tertiary/aromatic N) is 1. The van der Waals surface area contributed by atoms with Crippen molar-refractivity contribution >= 4 is 29.8 Å². The van der Waals surface area contributed by atoms with Gasteiger partial charge in [0.05, 0.1) is 10.7 Å². The molecule has 0 radical (unpaired) electrons. The van der Waals surface area contributed by atoms with Gasteiger partial charge < -0.3 is 10.8 Å². The summed E-state index contributed by atoms with van der Waals surface area (Å²) in [6.07, 6.45) is 1.75. The normalized spacial score (nSPS) is 8.93. The topological polar surface area (TPSA) is 76.2 Å². The molecular weight excluding hydrogens is 236 g/mol. The van der Waals surface area contributed by atoms with Crippen LogP contribution in [0.25, 0.3) is 0 Å². The van der Waals surface area contributed by atoms with E-state index in [0.29, 0.717) is 6.54 Å². The molecule has 1 aromatic rings. The summed E-state index contributed by atoms with van der Waals surface area (Å²) >= 11 is 7.64. The van der Waals surface area contributed by atoms with Crippen LogP contribution in [0.5, 0.6) is 0 Å². The molecule has 4 nitrogen and oxygen atoms in total. The maximum atomic E-state index is 8.36. The number of thioether (sulfide) groups is 1. The van der Waals surface area contributed by atoms with Gasteiger partial charge in [-0.05, 0) is 12.1 Å². The van der Waals surface area contributed by atoms with Crippen molar-refractivity contribution in [1.29, 1.82) is 0 Å². The van der Waals surface area contributed by atoms with Gasteiger partial charge in [-0.2, -0.15) is 11.8 Å². The van der Waals surface area contributed by atoms with Crippen LogP contribution in [0.15, 0.2) is 18.3 Å². The Kier molecular flexibility index (Phi) is 9.26. The Morgan fingerprint density at radius 3 is 2.87 bits per heavy atom. The Bertz CT molecular complexity index is 287. The zero-order valence-electron chi connectivity index (χ0n) is 8.10. The molecule has 0 aliphatic heterocycles. The number of halogens is 1. The molecule has 84 valence electrons. The van der Waals surface area contributed by atoms with Gasteiger partial charge in [-0.25, -0.2) is 0 Å². The highest BCUT2D eigenvalue weighted by molar-refractivity contribution is 7.98. The van der Waals surface area contributed by atoms with Gasteiger partial charge in [-0.3, -0.25) is 9.78 Å². The van der Waals surface area contributed by atoms with Gasteiger partial charge in [-0.15, -0.1) is 0 Å². The highest BCUT2D eigenvalue weighted by Gasteiger charge is 1.99. The standard InChI is InChI=1S/C8H11ClN2S.CH2O2/c9-7-2-1-4-11-8(7)6-12-5-3-10;2-1-3/h1-2,4H,3,5-6,10H2;1H,(H,2,3). The van der Waals surface area contributed by atoms with Crippen molar-refractivity contribution in [2.45, 2.75) is 5.75 Å². The van der Waals surface area contributed by atoms with Gasteiger partial charge in [0.15, 0.2) is 0 Å². The number of hydrogen-bond donors (Lipinski definition) is 2. The maximum absolute atomic E-state index is 8.36. The lowest BCUT2D eigenvalue weighted by molar-refractivity contribution is -0.122. The van der Waals surface area contributed by atoms with Crippen LogP contribution in [0.3, 0.4) is 0 Å². The Morgan fingerprint density at radius 2 is 2.33 bits per heavy atom. The van der Waals surface area contributed by atoms with Crippen LogP contribution >= 0.6 is 23.4 Å². The molecule has 0 aromatic carbocycles. The van der Waals surface area contributed by atoms with E-state index in [2.05, 4.69) is 4.98 Å². The molecule has 6 heteroatoms. The Hall–Kier alpha value is -0.780. The molecule has 15 heavy (non-hydrogen) atoms. The van der Waals surface area contributed by atoms with Crippen LogP contribution in [0.4, 0.5) is 0 Å². The molecule has 0 bridgehead atoms. The number of carboxylic acid groups (broad SMARTS) is 1. The number of hydrogen-bond acceptors (Lipinski definition) is 4. The fraction of sp³-hybridized carbons (Fsp3) is 0.333. The molecule has 0 amide bonds. The van der Waals surface area contributed by atoms with E-state index in [1.165, 1.54) is 0 Å². The highest BCUT2D eigenvalue weighted by atomic mass is 35.5. The fourth-order valence-corrected chi connectivity index (χ4v) is 1.78. The molecule has 0 saturated carbocycles. The Balaban J connectivity index is 0.000000583. The number of pyridine rings is 1. The van der Waals surface area contributed by atoms with Crippen LogP contribution in [0, 0.1) is 0 Å². The monoisotopic (exact) mass is 248 g/mol. The lowest BCUT2D eigenvalue weighted by Crippen LogP contribution is -2.01. The maximum Gasteiger partial charge on any atom is 0.290 e. The quantitative estimate of drug-likeness (QED) is 0.626. The summed E-state index contributed by atoms with van der Waals surface area (Å²) in [5, 5.41) is 7.63. The molecule has 0 saturated heterocycles. The van der Waals surface area contributed by atoms with E-state index < -0.39 is 0 Å². The third-order valence-corrected chi connectivity index (χ3v) is 2.68. The summed E-state index contributed by atoms with van der Waals surface area (Å²) in [4.78, 5) is 12.5. The minimum atomic E-state index is -0.250. The van der Waals surface area contributed by atoms with E-state index in [1.807, 2.05) is 12.1 Å². The van der Waals surface area contributed by atoms with Crippen LogP contribution in [0.2, 0.25) is 5.02 Å². The zero-order chi connectivity index (χ0) is 11.5. The first-order chi connectivity index (χ1) is 7.26. The molecular formula is C9H13ClN2O2S. The minimum Gasteiger partial charge on any atom is -0.483 e. The average Bonchev–Trinajstić information content (AvgIpc) is 2.22. The first kappa shape index (κ1) is 14.2. The van der Waals surface area contributed by atoms with Gasteiger partial charge in [-0.1, -0.05) is 11.6 Å². The summed E-state index contributed by atoms with van der Waals surface area (Å²) < 4.78 is 0. The number of rotatable bonds is 4. The smallest absolute Gasteiger partial charge is 0.290 e. The van der Waals surface area contributed by atoms with Crippen molar-refractivity contribution in [2.24, 2.45) is 5.73 Å². The molecule has 0 fully saturated rings. The third-order valence-electron chi connectivity index (χ3n) is 1.34. The number of aromatic nitrogens is 1. The minimum absolute atomic E-state index is 0.250. The van der Waals surface area contributed by atoms with E-state index in [0.717, 1.165) is 22.2 Å². The summed E-state index contributed by atoms with van der Waals surface area (Å²) in [6.45, 7) is 0.453. The van der Waals surface area contributed by atoms with E-state index >= 15 is 0 Å². The summed E-state index contributed by atoms with van der Waals surface area (Å²) in [5.41, 5.74) is 6.30. The fourth-order valence-electron chi connectivity index (χ4n) is 0.777. The molecule has 0 aliphatic carbocycles. The second-order valence-corrected chi connectivity index (χ2v) is 3.89. The number of carbonyl (C=O) groups is 1. The van der Waals surface area contributed by atoms with Gasteiger partial charge >= 0.3 is 0 Å². The van der Waals surface area contributed by atoms with Crippen molar-refractivity contribution in [1.82, 2.24) is 4.98 Å². The van der Waals surface area contributed by atoms with Crippen molar-refractivity contribution in [3.63, 3.8) is 0 Å². The second kappa shape index (κ2) is 9.76. The zero-order valence-corrected chi connectivity index (χ0v) is 9.67. The summed E-state index contributed by atoms with van der Waals surface area (Å²) in [7, 11) is 0. The molecule has 1 aromatic heterocycles. The summed E-state index contributed by atoms with van der Waals surface area (Å²) in [5.74, 6) is 1.80. The van der Waals surface area contributed by atoms with Crippen molar-refractivity contribution in [3.05, 3.63) is 29.0 Å². The lowest BCUT2D eigenvalue weighted by atomic mass is 10.4. The van der Waals surface area contributed by atoms with Crippen LogP contribution < -0.4 is 5.73 Å². The number of nitrogens with two attached hydrogens (primary N) is 1. The molecule has 1 heterocycles. The van der Waals surface area contributed by atoms with Gasteiger partial charge in [0, 0.05) is 24.2 Å². The van der Waals surface area contributed by atoms with E-state index in [-0.39, 0.29) is 6.47 Å². The molecule has 1 rings (SSSR count). The Morgan fingerprint density at radius 1 is 1.67 bits per heavy atom. The SMILES string of the molecule is NCCSCc1ncccc1Cl.O=CO. The highest BCUT2D eigenvalue weighted by Crippen LogP contribution is 2.17. The van der Waals surface area contributed by atoms with Crippen molar-refractivity contribution < 1.29 is 9.90 Å². The van der Waals surface area contributed by atoms with E-state index in [9.17, 15) is 0 Å². The van der Waals surface area contributed by atoms with Crippen LogP contribution in [-0.4, -0.2) is 28.9 Å². The Labute approximate surface area is 97.8 Å². The van der Waals surface area contributed by atoms with Crippen molar-refractivity contribution in [3.8, 4) is 0 Å². The largest absolute Gasteiger partial charge is 0.483 e. The predicted octanol–water partition coefficient (Wildman–Crippen LogP) is 1.63. The third kappa shape index (κ3) is 7.18. The first-order valence-electron chi connectivity index (χ1n) is 4.21. The molecule has 0 aliphatic rings. The molecule has 0 unspecified atom stereocenters. The van der Waals surface area contributed by atoms with Gasteiger partial charge in [0.25, 0.3) is 6.47 Å². The van der Waals surface area contributed by atoms with Crippen LogP contribution in [0.1, 0.15) is 5.69 Å².